The fourth-order valence-electron chi connectivity index (χ4n) is 7.02. The molecule has 7 rings (SSSR count). The average Bonchev–Trinajstić information content (AvgIpc) is 3.49. The van der Waals surface area contributed by atoms with Gasteiger partial charge < -0.3 is 9.64 Å². The van der Waals surface area contributed by atoms with Crippen LogP contribution in [-0.4, -0.2) is 99.2 Å². The van der Waals surface area contributed by atoms with Gasteiger partial charge in [0, 0.05) is 62.4 Å². The summed E-state index contributed by atoms with van der Waals surface area (Å²) in [5, 5.41) is 0.883. The highest BCUT2D eigenvalue weighted by molar-refractivity contribution is 7.92. The first-order valence-electron chi connectivity index (χ1n) is 16.5. The Balaban J connectivity index is 1.27. The molecular weight excluding hydrogens is 704 g/mol. The van der Waals surface area contributed by atoms with E-state index in [-0.39, 0.29) is 11.4 Å². The summed E-state index contributed by atoms with van der Waals surface area (Å²) in [6, 6.07) is 19.3. The highest BCUT2D eigenvalue weighted by Crippen LogP contribution is 2.49. The predicted molar refractivity (Wildman–Crippen MR) is 190 cm³/mol. The molecule has 3 aliphatic rings. The first-order valence-corrected chi connectivity index (χ1v) is 18.7. The lowest BCUT2D eigenvalue weighted by Gasteiger charge is -2.36. The highest BCUT2D eigenvalue weighted by atomic mass is 35.5. The number of rotatable bonds is 8. The van der Waals surface area contributed by atoms with Crippen LogP contribution in [0.4, 0.5) is 10.2 Å². The number of aromatic nitrogens is 1. The molecule has 50 heavy (non-hydrogen) atoms. The summed E-state index contributed by atoms with van der Waals surface area (Å²) < 4.78 is 52.1. The fourth-order valence-corrected chi connectivity index (χ4v) is 8.98. The Hall–Kier alpha value is -3.78. The van der Waals surface area contributed by atoms with Crippen LogP contribution >= 0.6 is 23.2 Å². The van der Waals surface area contributed by atoms with E-state index in [1.54, 1.807) is 53.4 Å². The van der Waals surface area contributed by atoms with Crippen molar-refractivity contribution in [2.24, 2.45) is 0 Å². The van der Waals surface area contributed by atoms with Crippen molar-refractivity contribution in [2.45, 2.75) is 17.0 Å². The Bertz CT molecular complexity index is 2030. The number of amides is 1. The molecule has 0 bridgehead atoms. The summed E-state index contributed by atoms with van der Waals surface area (Å²) in [5.74, 6) is -1.35. The van der Waals surface area contributed by atoms with Crippen LogP contribution in [0.3, 0.4) is 0 Å². The molecule has 1 amide bonds. The molecule has 2 atom stereocenters. The van der Waals surface area contributed by atoms with Crippen LogP contribution in [0.15, 0.2) is 94.6 Å². The first kappa shape index (κ1) is 34.7. The minimum Gasteiger partial charge on any atom is -0.379 e. The lowest BCUT2D eigenvalue weighted by atomic mass is 9.94. The average molecular weight is 741 g/mol. The molecule has 0 spiro atoms. The molecule has 3 aromatic carbocycles. The molecule has 0 unspecified atom stereocenters. The molecule has 0 aliphatic carbocycles. The number of hydrogen-bond acceptors (Lipinski definition) is 7. The summed E-state index contributed by atoms with van der Waals surface area (Å²) in [6.45, 7) is 7.35. The van der Waals surface area contributed by atoms with E-state index < -0.39 is 44.3 Å². The Morgan fingerprint density at radius 1 is 0.740 bits per heavy atom. The third-order valence-electron chi connectivity index (χ3n) is 9.67. The van der Waals surface area contributed by atoms with Crippen molar-refractivity contribution in [3.63, 3.8) is 0 Å². The lowest BCUT2D eigenvalue weighted by Crippen LogP contribution is -2.51. The van der Waals surface area contributed by atoms with Crippen molar-refractivity contribution in [2.75, 3.05) is 69.9 Å². The molecule has 1 aromatic heterocycles. The van der Waals surface area contributed by atoms with Gasteiger partial charge in [-0.3, -0.25) is 24.0 Å². The van der Waals surface area contributed by atoms with Crippen molar-refractivity contribution in [1.29, 1.82) is 0 Å². The second-order valence-electron chi connectivity index (χ2n) is 12.6. The standard InChI is InChI=1S/C36H36Cl2FN5O5S/c37-27-9-5-25(6-10-27)33-34(26-7-11-28(38)12-8-26)44(50(47,48)31-4-2-1-3-30(31)39)32-14-13-29(36(46)43(32)33)35(45)42-19-17-40(18-20-42)15-16-41-21-23-49-24-22-41/h1-14,33-34H,15-24H2/t33-,34+/m1/s1. The maximum absolute atomic E-state index is 15.2. The van der Waals surface area contributed by atoms with Gasteiger partial charge in [0.2, 0.25) is 0 Å². The zero-order valence-corrected chi connectivity index (χ0v) is 29.5. The van der Waals surface area contributed by atoms with Gasteiger partial charge in [-0.15, -0.1) is 0 Å². The van der Waals surface area contributed by atoms with Crippen LogP contribution in [0, 0.1) is 5.82 Å². The number of halogens is 3. The van der Waals surface area contributed by atoms with Gasteiger partial charge >= 0.3 is 0 Å². The number of morpholine rings is 1. The Kier molecular flexibility index (Phi) is 10.0. The van der Waals surface area contributed by atoms with Gasteiger partial charge in [0.25, 0.3) is 21.5 Å². The molecule has 14 heteroatoms. The van der Waals surface area contributed by atoms with Crippen molar-refractivity contribution in [3.05, 3.63) is 128 Å². The van der Waals surface area contributed by atoms with Gasteiger partial charge in [-0.2, -0.15) is 0 Å². The van der Waals surface area contributed by atoms with Crippen LogP contribution in [0.5, 0.6) is 0 Å². The zero-order valence-electron chi connectivity index (χ0n) is 27.1. The molecule has 4 heterocycles. The van der Waals surface area contributed by atoms with E-state index in [2.05, 4.69) is 9.80 Å². The first-order chi connectivity index (χ1) is 24.1. The third-order valence-corrected chi connectivity index (χ3v) is 12.0. The summed E-state index contributed by atoms with van der Waals surface area (Å²) in [5.41, 5.74) is 0.364. The van der Waals surface area contributed by atoms with E-state index in [9.17, 15) is 18.0 Å². The van der Waals surface area contributed by atoms with Crippen molar-refractivity contribution >= 4 is 45.0 Å². The number of piperazine rings is 1. The smallest absolute Gasteiger partial charge is 0.269 e. The number of nitrogens with zero attached hydrogens (tertiary/aromatic N) is 5. The molecule has 2 fully saturated rings. The van der Waals surface area contributed by atoms with Gasteiger partial charge in [0.05, 0.1) is 25.3 Å². The second-order valence-corrected chi connectivity index (χ2v) is 15.2. The van der Waals surface area contributed by atoms with Crippen molar-refractivity contribution < 1.29 is 22.3 Å². The number of carbonyl (C=O) groups excluding carboxylic acids is 1. The summed E-state index contributed by atoms with van der Waals surface area (Å²) in [7, 11) is -4.60. The van der Waals surface area contributed by atoms with Crippen LogP contribution < -0.4 is 9.86 Å². The summed E-state index contributed by atoms with van der Waals surface area (Å²) >= 11 is 12.5. The topological polar surface area (TPSA) is 95.4 Å². The molecule has 0 saturated carbocycles. The number of ether oxygens (including phenoxy) is 1. The zero-order chi connectivity index (χ0) is 35.0. The monoisotopic (exact) mass is 739 g/mol. The predicted octanol–water partition coefficient (Wildman–Crippen LogP) is 4.92. The van der Waals surface area contributed by atoms with Crippen LogP contribution in [-0.2, 0) is 14.8 Å². The Morgan fingerprint density at radius 2 is 1.30 bits per heavy atom. The van der Waals surface area contributed by atoms with Gasteiger partial charge in [-0.25, -0.2) is 17.1 Å². The normalized spacial score (nSPS) is 20.2. The molecular formula is C36H36Cl2FN5O5S. The van der Waals surface area contributed by atoms with Crippen molar-refractivity contribution in [3.8, 4) is 0 Å². The number of anilines is 1. The Morgan fingerprint density at radius 3 is 1.90 bits per heavy atom. The quantitative estimate of drug-likeness (QED) is 0.253. The van der Waals surface area contributed by atoms with Gasteiger partial charge in [-0.1, -0.05) is 59.6 Å². The van der Waals surface area contributed by atoms with E-state index in [0.29, 0.717) is 47.4 Å². The molecule has 10 nitrogen and oxygen atoms in total. The van der Waals surface area contributed by atoms with Crippen LogP contribution in [0.25, 0.3) is 0 Å². The van der Waals surface area contributed by atoms with E-state index in [0.717, 1.165) is 49.8 Å². The SMILES string of the molecule is O=C(c1ccc2n(c1=O)[C@H](c1ccc(Cl)cc1)[C@H](c1ccc(Cl)cc1)N2S(=O)(=O)c1ccccc1F)N1CCN(CCN2CCOCC2)CC1. The van der Waals surface area contributed by atoms with Crippen LogP contribution in [0.1, 0.15) is 33.6 Å². The minimum absolute atomic E-state index is 0.00244. The number of benzene rings is 3. The maximum atomic E-state index is 15.2. The lowest BCUT2D eigenvalue weighted by molar-refractivity contribution is 0.0293. The summed E-state index contributed by atoms with van der Waals surface area (Å²) in [6.07, 6.45) is 0. The Labute approximate surface area is 300 Å². The van der Waals surface area contributed by atoms with E-state index in [4.69, 9.17) is 27.9 Å². The molecule has 2 saturated heterocycles. The number of hydrogen-bond donors (Lipinski definition) is 0. The minimum atomic E-state index is -4.60. The number of sulfonamides is 1. The summed E-state index contributed by atoms with van der Waals surface area (Å²) in [4.78, 5) is 34.4. The molecule has 0 radical (unpaired) electrons. The largest absolute Gasteiger partial charge is 0.379 e. The van der Waals surface area contributed by atoms with E-state index in [1.807, 2.05) is 0 Å². The highest BCUT2D eigenvalue weighted by Gasteiger charge is 2.48. The molecule has 4 aromatic rings. The van der Waals surface area contributed by atoms with Crippen LogP contribution in [0.2, 0.25) is 10.0 Å². The maximum Gasteiger partial charge on any atom is 0.269 e. The van der Waals surface area contributed by atoms with Gasteiger partial charge in [0.15, 0.2) is 0 Å². The van der Waals surface area contributed by atoms with E-state index in [1.165, 1.54) is 34.9 Å². The van der Waals surface area contributed by atoms with Crippen molar-refractivity contribution in [1.82, 2.24) is 19.3 Å². The third kappa shape index (κ3) is 6.68. The number of fused-ring (bicyclic) bond motifs is 1. The van der Waals surface area contributed by atoms with E-state index >= 15 is 4.39 Å². The molecule has 3 aliphatic heterocycles. The number of carbonyl (C=O) groups is 1. The number of pyridine rings is 1. The van der Waals surface area contributed by atoms with Gasteiger partial charge in [-0.05, 0) is 59.7 Å². The van der Waals surface area contributed by atoms with Gasteiger partial charge in [0.1, 0.15) is 22.1 Å². The molecule has 0 N–H and O–H groups in total. The fraction of sp³-hybridized carbons (Fsp3) is 0.333. The second kappa shape index (κ2) is 14.5. The molecule has 262 valence electrons.